The van der Waals surface area contributed by atoms with Gasteiger partial charge < -0.3 is 5.32 Å². The molecule has 0 aromatic carbocycles. The Labute approximate surface area is 97.0 Å². The van der Waals surface area contributed by atoms with Crippen molar-refractivity contribution >= 4 is 33.0 Å². The average molecular weight is 262 g/mol. The number of hydrogen-bond acceptors (Lipinski definition) is 5. The molecule has 2 rings (SSSR count). The van der Waals surface area contributed by atoms with Crippen LogP contribution in [0.15, 0.2) is 11.2 Å². The van der Waals surface area contributed by atoms with Gasteiger partial charge >= 0.3 is 0 Å². The zero-order valence-corrected chi connectivity index (χ0v) is 9.84. The van der Waals surface area contributed by atoms with Crippen molar-refractivity contribution in [2.24, 2.45) is 5.92 Å². The van der Waals surface area contributed by atoms with Gasteiger partial charge in [-0.3, -0.25) is 4.79 Å². The van der Waals surface area contributed by atoms with Gasteiger partial charge in [0.05, 0.1) is 17.6 Å². The molecule has 1 atom stereocenters. The fourth-order valence-electron chi connectivity index (χ4n) is 1.41. The van der Waals surface area contributed by atoms with E-state index in [0.717, 1.165) is 0 Å². The summed E-state index contributed by atoms with van der Waals surface area (Å²) in [7, 11) is -3.60. The Morgan fingerprint density at radius 2 is 2.25 bits per heavy atom. The van der Waals surface area contributed by atoms with Crippen LogP contribution in [-0.2, 0) is 14.6 Å². The number of nitrogens with one attached hydrogen (secondary N) is 1. The molecule has 0 saturated carbocycles. The van der Waals surface area contributed by atoms with Gasteiger partial charge in [0.2, 0.25) is 11.2 Å². The molecule has 8 heteroatoms. The van der Waals surface area contributed by atoms with E-state index in [4.69, 9.17) is 11.6 Å². The van der Waals surface area contributed by atoms with E-state index in [1.165, 1.54) is 13.1 Å². The van der Waals surface area contributed by atoms with Crippen molar-refractivity contribution in [1.29, 1.82) is 0 Å². The number of anilines is 1. The predicted molar refractivity (Wildman–Crippen MR) is 56.9 cm³/mol. The lowest BCUT2D eigenvalue weighted by Gasteiger charge is -2.04. The molecule has 0 radical (unpaired) electrons. The number of carbonyl (C=O) groups is 1. The highest BCUT2D eigenvalue weighted by Gasteiger charge is 2.32. The molecule has 1 aromatic heterocycles. The van der Waals surface area contributed by atoms with Crippen LogP contribution in [0.4, 0.5) is 5.69 Å². The number of sulfone groups is 1. The fourth-order valence-corrected chi connectivity index (χ4v) is 3.22. The quantitative estimate of drug-likeness (QED) is 0.542. The molecule has 16 heavy (non-hydrogen) atoms. The fraction of sp³-hybridized carbons (Fsp3) is 0.375. The van der Waals surface area contributed by atoms with Crippen LogP contribution in [-0.4, -0.2) is 30.0 Å². The summed E-state index contributed by atoms with van der Waals surface area (Å²) >= 11 is 5.53. The standard InChI is InChI=1S/C8H8ClN3O3S/c1-4-3-16(14,15)7-5(11-6(4)13)2-10-8(9)12-7/h2,4H,3H2,1H3,(H,11,13). The largest absolute Gasteiger partial charge is 0.322 e. The summed E-state index contributed by atoms with van der Waals surface area (Å²) < 4.78 is 23.7. The number of carbonyl (C=O) groups excluding carboxylic acids is 1. The lowest BCUT2D eigenvalue weighted by Crippen LogP contribution is -2.22. The topological polar surface area (TPSA) is 89.0 Å². The number of hydrogen-bond donors (Lipinski definition) is 1. The van der Waals surface area contributed by atoms with Crippen molar-refractivity contribution < 1.29 is 13.2 Å². The second-order valence-electron chi connectivity index (χ2n) is 3.53. The van der Waals surface area contributed by atoms with Gasteiger partial charge in [-0.05, 0) is 11.6 Å². The molecule has 2 heterocycles. The average Bonchev–Trinajstić information content (AvgIpc) is 2.26. The Balaban J connectivity index is 2.66. The third kappa shape index (κ3) is 1.88. The Bertz CT molecular complexity index is 558. The molecule has 1 aromatic rings. The molecule has 0 aliphatic carbocycles. The number of fused-ring (bicyclic) bond motifs is 1. The molecule has 0 spiro atoms. The Hall–Kier alpha value is -1.21. The summed E-state index contributed by atoms with van der Waals surface area (Å²) in [6.07, 6.45) is 1.19. The summed E-state index contributed by atoms with van der Waals surface area (Å²) in [6.45, 7) is 1.54. The molecular weight excluding hydrogens is 254 g/mol. The monoisotopic (exact) mass is 261 g/mol. The van der Waals surface area contributed by atoms with Gasteiger partial charge in [-0.15, -0.1) is 0 Å². The van der Waals surface area contributed by atoms with Crippen molar-refractivity contribution in [2.45, 2.75) is 11.9 Å². The van der Waals surface area contributed by atoms with E-state index in [1.807, 2.05) is 0 Å². The second-order valence-corrected chi connectivity index (χ2v) is 5.82. The third-order valence-corrected chi connectivity index (χ3v) is 4.22. The van der Waals surface area contributed by atoms with Crippen LogP contribution in [0.5, 0.6) is 0 Å². The van der Waals surface area contributed by atoms with E-state index in [-0.39, 0.29) is 27.7 Å². The first kappa shape index (κ1) is 11.3. The van der Waals surface area contributed by atoms with E-state index in [1.54, 1.807) is 0 Å². The Kier molecular flexibility index (Phi) is 2.59. The Morgan fingerprint density at radius 1 is 1.56 bits per heavy atom. The van der Waals surface area contributed by atoms with Gasteiger partial charge in [0.15, 0.2) is 14.9 Å². The summed E-state index contributed by atoms with van der Waals surface area (Å²) in [4.78, 5) is 18.8. The van der Waals surface area contributed by atoms with Crippen LogP contribution in [0.25, 0.3) is 0 Å². The normalized spacial score (nSPS) is 23.1. The molecule has 0 saturated heterocycles. The first-order chi connectivity index (χ1) is 7.40. The minimum atomic E-state index is -3.60. The third-order valence-electron chi connectivity index (χ3n) is 2.19. The SMILES string of the molecule is CC1CS(=O)(=O)c2nc(Cl)ncc2NC1=O. The molecule has 1 aliphatic rings. The van der Waals surface area contributed by atoms with Crippen molar-refractivity contribution in [1.82, 2.24) is 9.97 Å². The zero-order valence-electron chi connectivity index (χ0n) is 8.27. The van der Waals surface area contributed by atoms with Crippen molar-refractivity contribution in [3.05, 3.63) is 11.5 Å². The molecule has 0 fully saturated rings. The molecule has 86 valence electrons. The van der Waals surface area contributed by atoms with Crippen LogP contribution in [0.1, 0.15) is 6.92 Å². The number of halogens is 1. The maximum atomic E-state index is 11.9. The van der Waals surface area contributed by atoms with E-state index in [0.29, 0.717) is 0 Å². The number of rotatable bonds is 0. The number of amides is 1. The minimum Gasteiger partial charge on any atom is -0.322 e. The van der Waals surface area contributed by atoms with E-state index < -0.39 is 15.8 Å². The lowest BCUT2D eigenvalue weighted by molar-refractivity contribution is -0.118. The predicted octanol–water partition coefficient (Wildman–Crippen LogP) is 0.492. The van der Waals surface area contributed by atoms with Crippen molar-refractivity contribution in [2.75, 3.05) is 11.1 Å². The van der Waals surface area contributed by atoms with Crippen molar-refractivity contribution in [3.63, 3.8) is 0 Å². The molecule has 1 N–H and O–H groups in total. The molecule has 1 amide bonds. The lowest BCUT2D eigenvalue weighted by atomic mass is 10.2. The highest BCUT2D eigenvalue weighted by molar-refractivity contribution is 7.91. The smallest absolute Gasteiger partial charge is 0.228 e. The van der Waals surface area contributed by atoms with Crippen molar-refractivity contribution in [3.8, 4) is 0 Å². The van der Waals surface area contributed by atoms with Gasteiger partial charge in [-0.1, -0.05) is 6.92 Å². The van der Waals surface area contributed by atoms with Gasteiger partial charge in [0.25, 0.3) is 0 Å². The first-order valence-electron chi connectivity index (χ1n) is 4.46. The second kappa shape index (κ2) is 3.67. The molecule has 1 unspecified atom stereocenters. The van der Waals surface area contributed by atoms with E-state index in [2.05, 4.69) is 15.3 Å². The first-order valence-corrected chi connectivity index (χ1v) is 6.49. The summed E-state index contributed by atoms with van der Waals surface area (Å²) in [6, 6.07) is 0. The highest BCUT2D eigenvalue weighted by Crippen LogP contribution is 2.26. The van der Waals surface area contributed by atoms with E-state index >= 15 is 0 Å². The van der Waals surface area contributed by atoms with Crippen LogP contribution in [0.3, 0.4) is 0 Å². The number of nitrogens with zero attached hydrogens (tertiary/aromatic N) is 2. The molecule has 1 aliphatic heterocycles. The summed E-state index contributed by atoms with van der Waals surface area (Å²) in [5.41, 5.74) is 0.0822. The molecule has 6 nitrogen and oxygen atoms in total. The van der Waals surface area contributed by atoms with Gasteiger partial charge in [-0.2, -0.15) is 0 Å². The minimum absolute atomic E-state index is 0.0822. The maximum Gasteiger partial charge on any atom is 0.228 e. The molecule has 0 bridgehead atoms. The van der Waals surface area contributed by atoms with E-state index in [9.17, 15) is 13.2 Å². The van der Waals surface area contributed by atoms with Crippen LogP contribution in [0.2, 0.25) is 5.28 Å². The van der Waals surface area contributed by atoms with Crippen LogP contribution >= 0.6 is 11.6 Å². The summed E-state index contributed by atoms with van der Waals surface area (Å²) in [5, 5.41) is 2.07. The van der Waals surface area contributed by atoms with Gasteiger partial charge in [0, 0.05) is 5.92 Å². The summed E-state index contributed by atoms with van der Waals surface area (Å²) in [5.74, 6) is -1.27. The zero-order chi connectivity index (χ0) is 11.9. The number of aromatic nitrogens is 2. The molecular formula is C8H8ClN3O3S. The van der Waals surface area contributed by atoms with Crippen LogP contribution < -0.4 is 5.32 Å². The highest BCUT2D eigenvalue weighted by atomic mass is 35.5. The Morgan fingerprint density at radius 3 is 2.94 bits per heavy atom. The maximum absolute atomic E-state index is 11.9. The van der Waals surface area contributed by atoms with Gasteiger partial charge in [0.1, 0.15) is 0 Å². The van der Waals surface area contributed by atoms with Crippen LogP contribution in [0, 0.1) is 5.92 Å². The van der Waals surface area contributed by atoms with Gasteiger partial charge in [-0.25, -0.2) is 18.4 Å².